The van der Waals surface area contributed by atoms with E-state index in [4.69, 9.17) is 4.74 Å². The van der Waals surface area contributed by atoms with Gasteiger partial charge in [-0.2, -0.15) is 0 Å². The maximum absolute atomic E-state index is 15.2. The van der Waals surface area contributed by atoms with E-state index in [1.54, 1.807) is 36.4 Å². The zero-order chi connectivity index (χ0) is 25.7. The minimum absolute atomic E-state index is 0.00731. The molecule has 2 fully saturated rings. The number of benzene rings is 3. The summed E-state index contributed by atoms with van der Waals surface area (Å²) in [6, 6.07) is 19.8. The molecule has 6 rings (SSSR count). The van der Waals surface area contributed by atoms with Gasteiger partial charge in [0.1, 0.15) is 11.6 Å². The van der Waals surface area contributed by atoms with Crippen LogP contribution in [0, 0.1) is 11.2 Å². The van der Waals surface area contributed by atoms with Crippen LogP contribution in [0.3, 0.4) is 0 Å². The summed E-state index contributed by atoms with van der Waals surface area (Å²) in [5, 5.41) is 2.46. The molecule has 7 nitrogen and oxygen atoms in total. The van der Waals surface area contributed by atoms with Crippen molar-refractivity contribution in [2.24, 2.45) is 5.41 Å². The smallest absolute Gasteiger partial charge is 0.335 e. The number of methoxy groups -OCH3 is 1. The minimum Gasteiger partial charge on any atom is -0.497 e. The number of imide groups is 2. The lowest BCUT2D eigenvalue weighted by Crippen LogP contribution is -2.73. The lowest BCUT2D eigenvalue weighted by Gasteiger charge is -2.54. The molecule has 0 aliphatic carbocycles. The summed E-state index contributed by atoms with van der Waals surface area (Å²) in [4.78, 5) is 44.0. The molecule has 8 heteroatoms. The van der Waals surface area contributed by atoms with Gasteiger partial charge in [-0.3, -0.25) is 14.9 Å². The minimum atomic E-state index is -1.60. The molecule has 37 heavy (non-hydrogen) atoms. The average Bonchev–Trinajstić information content (AvgIpc) is 2.92. The van der Waals surface area contributed by atoms with Gasteiger partial charge >= 0.3 is 6.03 Å². The van der Waals surface area contributed by atoms with Crippen LogP contribution in [0.5, 0.6) is 5.75 Å². The third-order valence-electron chi connectivity index (χ3n) is 8.01. The normalized spacial score (nSPS) is 25.0. The van der Waals surface area contributed by atoms with Crippen molar-refractivity contribution in [3.05, 3.63) is 89.7 Å². The molecule has 0 bridgehead atoms. The fourth-order valence-corrected chi connectivity index (χ4v) is 6.24. The topological polar surface area (TPSA) is 79.0 Å². The number of amides is 4. The number of piperidine rings is 1. The van der Waals surface area contributed by atoms with Gasteiger partial charge in [0.05, 0.1) is 24.5 Å². The predicted octanol–water partition coefficient (Wildman–Crippen LogP) is 4.41. The molecule has 3 heterocycles. The number of nitrogens with one attached hydrogen (secondary N) is 1. The maximum atomic E-state index is 15.2. The monoisotopic (exact) mass is 499 g/mol. The molecule has 3 aliphatic heterocycles. The summed E-state index contributed by atoms with van der Waals surface area (Å²) in [5.41, 5.74) is 0.882. The summed E-state index contributed by atoms with van der Waals surface area (Å²) < 4.78 is 20.4. The Morgan fingerprint density at radius 1 is 0.973 bits per heavy atom. The van der Waals surface area contributed by atoms with Crippen LogP contribution in [0.15, 0.2) is 72.8 Å². The number of barbiturate groups is 1. The number of fused-ring (bicyclic) bond motifs is 4. The van der Waals surface area contributed by atoms with E-state index < -0.39 is 29.3 Å². The van der Waals surface area contributed by atoms with Crippen molar-refractivity contribution in [3.63, 3.8) is 0 Å². The van der Waals surface area contributed by atoms with Crippen LogP contribution >= 0.6 is 0 Å². The first-order valence-corrected chi connectivity index (χ1v) is 12.4. The highest BCUT2D eigenvalue weighted by molar-refractivity contribution is 6.30. The second-order valence-corrected chi connectivity index (χ2v) is 9.83. The Kier molecular flexibility index (Phi) is 5.47. The van der Waals surface area contributed by atoms with Crippen LogP contribution in [0.1, 0.15) is 29.9 Å². The lowest BCUT2D eigenvalue weighted by atomic mass is 9.64. The quantitative estimate of drug-likeness (QED) is 0.540. The fraction of sp³-hybridized carbons (Fsp3) is 0.276. The number of halogens is 1. The Labute approximate surface area is 213 Å². The molecule has 3 aromatic rings. The number of nitrogens with zero attached hydrogens (tertiary/aromatic N) is 2. The number of para-hydroxylation sites is 1. The van der Waals surface area contributed by atoms with E-state index in [9.17, 15) is 14.4 Å². The van der Waals surface area contributed by atoms with E-state index in [1.165, 1.54) is 13.2 Å². The van der Waals surface area contributed by atoms with Crippen molar-refractivity contribution >= 4 is 29.2 Å². The van der Waals surface area contributed by atoms with Crippen molar-refractivity contribution < 1.29 is 23.5 Å². The van der Waals surface area contributed by atoms with E-state index in [-0.39, 0.29) is 18.2 Å². The molecule has 4 amide bonds. The lowest BCUT2D eigenvalue weighted by molar-refractivity contribution is -0.145. The number of carbonyl (C=O) groups excluding carboxylic acids is 3. The van der Waals surface area contributed by atoms with Crippen LogP contribution < -0.4 is 19.9 Å². The zero-order valence-electron chi connectivity index (χ0n) is 20.3. The van der Waals surface area contributed by atoms with Crippen LogP contribution in [0.25, 0.3) is 0 Å². The van der Waals surface area contributed by atoms with Gasteiger partial charge in [0, 0.05) is 6.54 Å². The van der Waals surface area contributed by atoms with E-state index in [0.29, 0.717) is 35.7 Å². The molecule has 3 aromatic carbocycles. The van der Waals surface area contributed by atoms with Gasteiger partial charge in [-0.25, -0.2) is 14.1 Å². The Bertz CT molecular complexity index is 1390. The van der Waals surface area contributed by atoms with Crippen molar-refractivity contribution in [2.45, 2.75) is 31.2 Å². The molecule has 3 aliphatic rings. The number of hydrogen-bond donors (Lipinski definition) is 1. The molecule has 0 aromatic heterocycles. The van der Waals surface area contributed by atoms with Crippen LogP contribution in [0.2, 0.25) is 0 Å². The first-order chi connectivity index (χ1) is 17.9. The Hall–Kier alpha value is -4.20. The number of ether oxygens (including phenoxy) is 1. The van der Waals surface area contributed by atoms with Gasteiger partial charge in [0.25, 0.3) is 5.91 Å². The van der Waals surface area contributed by atoms with E-state index in [0.717, 1.165) is 16.9 Å². The third kappa shape index (κ3) is 3.50. The van der Waals surface area contributed by atoms with Gasteiger partial charge in [0.15, 0.2) is 5.41 Å². The van der Waals surface area contributed by atoms with Gasteiger partial charge in [-0.15, -0.1) is 0 Å². The van der Waals surface area contributed by atoms with E-state index in [1.807, 2.05) is 35.2 Å². The average molecular weight is 500 g/mol. The second-order valence-electron chi connectivity index (χ2n) is 9.83. The van der Waals surface area contributed by atoms with Crippen LogP contribution in [-0.4, -0.2) is 37.5 Å². The molecular formula is C29H26FN3O4. The van der Waals surface area contributed by atoms with E-state index in [2.05, 4.69) is 5.32 Å². The molecule has 3 atom stereocenters. The van der Waals surface area contributed by atoms with Crippen LogP contribution in [0.4, 0.5) is 20.6 Å². The zero-order valence-corrected chi connectivity index (χ0v) is 20.3. The Morgan fingerprint density at radius 2 is 1.73 bits per heavy atom. The number of carbonyl (C=O) groups is 3. The Balaban J connectivity index is 1.49. The summed E-state index contributed by atoms with van der Waals surface area (Å²) in [7, 11) is 1.53. The largest absolute Gasteiger partial charge is 0.497 e. The highest BCUT2D eigenvalue weighted by Crippen LogP contribution is 2.51. The molecule has 2 saturated heterocycles. The van der Waals surface area contributed by atoms with Crippen molar-refractivity contribution in [2.75, 3.05) is 23.5 Å². The molecule has 1 spiro atoms. The standard InChI is InChI=1S/C29H26FN3O4/c1-37-22-12-10-21(11-13-22)33-27(35)29(26(34)31-28(33)36)17-20-8-5-9-23(30)25(20)32-15-14-19(16-24(29)32)18-6-3-2-4-7-18/h2-13,19,24H,14-17H2,1H3,(H,31,34,36). The first-order valence-electron chi connectivity index (χ1n) is 12.4. The number of hydrogen-bond acceptors (Lipinski definition) is 5. The predicted molar refractivity (Wildman–Crippen MR) is 136 cm³/mol. The van der Waals surface area contributed by atoms with E-state index >= 15 is 4.39 Å². The molecule has 0 radical (unpaired) electrons. The SMILES string of the molecule is COc1ccc(N2C(=O)NC(=O)C3(Cc4cccc(F)c4N4CCC(c5ccccc5)CC43)C2=O)cc1. The van der Waals surface area contributed by atoms with Gasteiger partial charge in [0.2, 0.25) is 5.91 Å². The van der Waals surface area contributed by atoms with Crippen molar-refractivity contribution in [1.29, 1.82) is 0 Å². The maximum Gasteiger partial charge on any atom is 0.335 e. The van der Waals surface area contributed by atoms with Gasteiger partial charge in [-0.05, 0) is 66.6 Å². The van der Waals surface area contributed by atoms with Crippen molar-refractivity contribution in [3.8, 4) is 5.75 Å². The summed E-state index contributed by atoms with van der Waals surface area (Å²) in [6.07, 6.45) is 1.23. The fourth-order valence-electron chi connectivity index (χ4n) is 6.24. The van der Waals surface area contributed by atoms with Crippen molar-refractivity contribution in [1.82, 2.24) is 5.32 Å². The molecule has 1 N–H and O–H groups in total. The molecular weight excluding hydrogens is 473 g/mol. The van der Waals surface area contributed by atoms with Crippen LogP contribution in [-0.2, 0) is 16.0 Å². The molecule has 3 unspecified atom stereocenters. The highest BCUT2D eigenvalue weighted by atomic mass is 19.1. The summed E-state index contributed by atoms with van der Waals surface area (Å²) in [5.74, 6) is -0.941. The van der Waals surface area contributed by atoms with Gasteiger partial charge < -0.3 is 9.64 Å². The third-order valence-corrected chi connectivity index (χ3v) is 8.01. The number of anilines is 2. The highest BCUT2D eigenvalue weighted by Gasteiger charge is 2.63. The Morgan fingerprint density at radius 3 is 2.46 bits per heavy atom. The molecule has 0 saturated carbocycles. The number of rotatable bonds is 3. The second kappa shape index (κ2) is 8.73. The van der Waals surface area contributed by atoms with Gasteiger partial charge in [-0.1, -0.05) is 42.5 Å². The summed E-state index contributed by atoms with van der Waals surface area (Å²) in [6.45, 7) is 0.483. The molecule has 188 valence electrons. The first kappa shape index (κ1) is 23.2. The number of urea groups is 1. The summed E-state index contributed by atoms with van der Waals surface area (Å²) >= 11 is 0.